The highest BCUT2D eigenvalue weighted by molar-refractivity contribution is 5.99. The van der Waals surface area contributed by atoms with Gasteiger partial charge in [-0.15, -0.1) is 0 Å². The predicted molar refractivity (Wildman–Crippen MR) is 78.8 cm³/mol. The van der Waals surface area contributed by atoms with E-state index in [0.717, 1.165) is 11.3 Å². The van der Waals surface area contributed by atoms with Crippen LogP contribution in [0.4, 0.5) is 0 Å². The minimum absolute atomic E-state index is 0.193. The number of carboxylic acids is 1. The van der Waals surface area contributed by atoms with Gasteiger partial charge >= 0.3 is 5.97 Å². The van der Waals surface area contributed by atoms with Gasteiger partial charge in [0.15, 0.2) is 0 Å². The Morgan fingerprint density at radius 3 is 2.55 bits per heavy atom. The Kier molecular flexibility index (Phi) is 6.44. The maximum absolute atomic E-state index is 11.7. The first-order chi connectivity index (χ1) is 10.5. The smallest absolute Gasteiger partial charge is 0.325 e. The Balaban J connectivity index is 2.59. The Morgan fingerprint density at radius 2 is 2.05 bits per heavy atom. The Bertz CT molecular complexity index is 602. The predicted octanol–water partition coefficient (Wildman–Crippen LogP) is 0.782. The molecule has 1 aromatic rings. The number of hydrogen-bond acceptors (Lipinski definition) is 5. The summed E-state index contributed by atoms with van der Waals surface area (Å²) in [4.78, 5) is 22.3. The summed E-state index contributed by atoms with van der Waals surface area (Å²) >= 11 is 0. The van der Waals surface area contributed by atoms with E-state index in [1.807, 2.05) is 12.1 Å². The Hall–Kier alpha value is -3.01. The molecule has 0 heterocycles. The first kappa shape index (κ1) is 17.0. The lowest BCUT2D eigenvalue weighted by atomic mass is 10.2. The van der Waals surface area contributed by atoms with Gasteiger partial charge in [0.1, 0.15) is 23.4 Å². The number of methoxy groups -OCH3 is 1. The third kappa shape index (κ3) is 5.17. The SMILES string of the molecule is COc1ccc(CN/C=C(/C#N)C(=O)NC(C)C(=O)O)cc1. The van der Waals surface area contributed by atoms with E-state index in [4.69, 9.17) is 15.1 Å². The van der Waals surface area contributed by atoms with Crippen molar-refractivity contribution in [3.63, 3.8) is 0 Å². The van der Waals surface area contributed by atoms with E-state index in [-0.39, 0.29) is 5.57 Å². The van der Waals surface area contributed by atoms with E-state index in [1.54, 1.807) is 25.3 Å². The molecule has 22 heavy (non-hydrogen) atoms. The summed E-state index contributed by atoms with van der Waals surface area (Å²) in [5.74, 6) is -1.17. The van der Waals surface area contributed by atoms with Crippen molar-refractivity contribution in [1.82, 2.24) is 10.6 Å². The molecule has 0 bridgehead atoms. The van der Waals surface area contributed by atoms with Crippen LogP contribution in [0.1, 0.15) is 12.5 Å². The van der Waals surface area contributed by atoms with Gasteiger partial charge in [-0.05, 0) is 24.6 Å². The zero-order valence-corrected chi connectivity index (χ0v) is 12.3. The minimum atomic E-state index is -1.17. The molecule has 0 aromatic heterocycles. The van der Waals surface area contributed by atoms with Gasteiger partial charge in [-0.3, -0.25) is 9.59 Å². The summed E-state index contributed by atoms with van der Waals surface area (Å²) in [5.41, 5.74) is 0.746. The topological polar surface area (TPSA) is 111 Å². The number of hydrogen-bond donors (Lipinski definition) is 3. The van der Waals surface area contributed by atoms with Gasteiger partial charge in [0.2, 0.25) is 0 Å². The molecule has 3 N–H and O–H groups in total. The average molecular weight is 303 g/mol. The minimum Gasteiger partial charge on any atom is -0.497 e. The summed E-state index contributed by atoms with van der Waals surface area (Å²) in [5, 5.41) is 22.7. The average Bonchev–Trinajstić information content (AvgIpc) is 2.51. The van der Waals surface area contributed by atoms with Crippen molar-refractivity contribution in [2.24, 2.45) is 0 Å². The molecule has 0 saturated carbocycles. The summed E-state index contributed by atoms with van der Waals surface area (Å²) in [6, 6.07) is 7.95. The highest BCUT2D eigenvalue weighted by atomic mass is 16.5. The first-order valence-corrected chi connectivity index (χ1v) is 6.48. The highest BCUT2D eigenvalue weighted by Crippen LogP contribution is 2.10. The van der Waals surface area contributed by atoms with Crippen LogP contribution in [0, 0.1) is 11.3 Å². The third-order valence-electron chi connectivity index (χ3n) is 2.79. The molecule has 1 unspecified atom stereocenters. The standard InChI is InChI=1S/C15H17N3O4/c1-10(15(20)21)18-14(19)12(7-16)9-17-8-11-3-5-13(22-2)6-4-11/h3-6,9-10,17H,8H2,1-2H3,(H,18,19)(H,20,21)/b12-9-. The van der Waals surface area contributed by atoms with Crippen molar-refractivity contribution >= 4 is 11.9 Å². The van der Waals surface area contributed by atoms with Crippen molar-refractivity contribution < 1.29 is 19.4 Å². The molecule has 0 aliphatic rings. The molecule has 1 amide bonds. The van der Waals surface area contributed by atoms with E-state index in [2.05, 4.69) is 10.6 Å². The van der Waals surface area contributed by atoms with Crippen LogP contribution >= 0.6 is 0 Å². The van der Waals surface area contributed by atoms with Crippen molar-refractivity contribution in [2.45, 2.75) is 19.5 Å². The number of rotatable bonds is 7. The van der Waals surface area contributed by atoms with Gasteiger partial charge in [-0.2, -0.15) is 5.26 Å². The van der Waals surface area contributed by atoms with Crippen molar-refractivity contribution in [3.05, 3.63) is 41.6 Å². The number of nitrogens with zero attached hydrogens (tertiary/aromatic N) is 1. The van der Waals surface area contributed by atoms with E-state index in [9.17, 15) is 9.59 Å². The number of nitriles is 1. The summed E-state index contributed by atoms with van der Waals surface area (Å²) < 4.78 is 5.04. The molecule has 0 saturated heterocycles. The second-order valence-electron chi connectivity index (χ2n) is 4.43. The summed E-state index contributed by atoms with van der Waals surface area (Å²) in [6.45, 7) is 1.73. The molecule has 0 aliphatic carbocycles. The van der Waals surface area contributed by atoms with Crippen LogP contribution < -0.4 is 15.4 Å². The van der Waals surface area contributed by atoms with Crippen molar-refractivity contribution in [2.75, 3.05) is 7.11 Å². The molecule has 1 atom stereocenters. The Morgan fingerprint density at radius 1 is 1.41 bits per heavy atom. The number of aliphatic carboxylic acids is 1. The largest absolute Gasteiger partial charge is 0.497 e. The third-order valence-corrected chi connectivity index (χ3v) is 2.79. The molecule has 1 aromatic carbocycles. The molecule has 0 spiro atoms. The van der Waals surface area contributed by atoms with Gasteiger partial charge in [0.25, 0.3) is 5.91 Å². The number of ether oxygens (including phenoxy) is 1. The van der Waals surface area contributed by atoms with Crippen LogP contribution in [-0.4, -0.2) is 30.1 Å². The van der Waals surface area contributed by atoms with Crippen LogP contribution in [0.2, 0.25) is 0 Å². The maximum atomic E-state index is 11.7. The fraction of sp³-hybridized carbons (Fsp3) is 0.267. The lowest BCUT2D eigenvalue weighted by molar-refractivity contribution is -0.140. The molecule has 1 rings (SSSR count). The number of benzene rings is 1. The zero-order valence-electron chi connectivity index (χ0n) is 12.3. The number of amides is 1. The van der Waals surface area contributed by atoms with E-state index in [1.165, 1.54) is 13.1 Å². The van der Waals surface area contributed by atoms with Crippen molar-refractivity contribution in [1.29, 1.82) is 5.26 Å². The number of carbonyl (C=O) groups excluding carboxylic acids is 1. The van der Waals surface area contributed by atoms with Crippen LogP contribution in [0.25, 0.3) is 0 Å². The quantitative estimate of drug-likeness (QED) is 0.507. The first-order valence-electron chi connectivity index (χ1n) is 6.48. The highest BCUT2D eigenvalue weighted by Gasteiger charge is 2.16. The maximum Gasteiger partial charge on any atom is 0.325 e. The summed E-state index contributed by atoms with van der Waals surface area (Å²) in [6.07, 6.45) is 1.26. The lowest BCUT2D eigenvalue weighted by Gasteiger charge is -2.08. The Labute approximate surface area is 128 Å². The summed E-state index contributed by atoms with van der Waals surface area (Å²) in [7, 11) is 1.58. The van der Waals surface area contributed by atoms with E-state index < -0.39 is 17.9 Å². The molecule has 0 aliphatic heterocycles. The second-order valence-corrected chi connectivity index (χ2v) is 4.43. The number of carboxylic acid groups (broad SMARTS) is 1. The number of carbonyl (C=O) groups is 2. The zero-order chi connectivity index (χ0) is 16.5. The molecule has 0 fully saturated rings. The monoisotopic (exact) mass is 303 g/mol. The fourth-order valence-corrected chi connectivity index (χ4v) is 1.50. The van der Waals surface area contributed by atoms with Gasteiger partial charge in [0, 0.05) is 12.7 Å². The molecular formula is C15H17N3O4. The van der Waals surface area contributed by atoms with E-state index in [0.29, 0.717) is 6.54 Å². The fourth-order valence-electron chi connectivity index (χ4n) is 1.50. The van der Waals surface area contributed by atoms with E-state index >= 15 is 0 Å². The number of nitrogens with one attached hydrogen (secondary N) is 2. The lowest BCUT2D eigenvalue weighted by Crippen LogP contribution is -2.39. The van der Waals surface area contributed by atoms with Crippen LogP contribution in [-0.2, 0) is 16.1 Å². The molecule has 7 nitrogen and oxygen atoms in total. The van der Waals surface area contributed by atoms with Gasteiger partial charge in [-0.1, -0.05) is 12.1 Å². The van der Waals surface area contributed by atoms with Crippen LogP contribution in [0.5, 0.6) is 5.75 Å². The van der Waals surface area contributed by atoms with Gasteiger partial charge in [0.05, 0.1) is 7.11 Å². The van der Waals surface area contributed by atoms with Crippen LogP contribution in [0.15, 0.2) is 36.0 Å². The van der Waals surface area contributed by atoms with Crippen molar-refractivity contribution in [3.8, 4) is 11.8 Å². The second kappa shape index (κ2) is 8.32. The normalized spacial score (nSPS) is 12.0. The van der Waals surface area contributed by atoms with Gasteiger partial charge in [-0.25, -0.2) is 0 Å². The molecule has 0 radical (unpaired) electrons. The van der Waals surface area contributed by atoms with Crippen LogP contribution in [0.3, 0.4) is 0 Å². The molecular weight excluding hydrogens is 286 g/mol. The molecule has 116 valence electrons. The van der Waals surface area contributed by atoms with Gasteiger partial charge < -0.3 is 20.5 Å². The molecule has 7 heteroatoms.